The minimum atomic E-state index is -0.118. The van der Waals surface area contributed by atoms with Crippen LogP contribution in [-0.2, 0) is 0 Å². The highest BCUT2D eigenvalue weighted by Gasteiger charge is 2.31. The zero-order chi connectivity index (χ0) is 16.7. The topological polar surface area (TPSA) is 53.0 Å². The van der Waals surface area contributed by atoms with Crippen LogP contribution in [0.4, 0.5) is 0 Å². The smallest absolute Gasteiger partial charge is 0.179 e. The fourth-order valence-corrected chi connectivity index (χ4v) is 4.00. The van der Waals surface area contributed by atoms with Crippen LogP contribution in [0.3, 0.4) is 0 Å². The molecule has 1 aliphatic heterocycles. The van der Waals surface area contributed by atoms with Crippen LogP contribution in [0, 0.1) is 0 Å². The Morgan fingerprint density at radius 3 is 2.12 bits per heavy atom. The molecule has 118 valence electrons. The Morgan fingerprint density at radius 2 is 1.24 bits per heavy atom. The number of rotatable bonds is 0. The van der Waals surface area contributed by atoms with Crippen molar-refractivity contribution >= 4 is 43.1 Å². The van der Waals surface area contributed by atoms with Gasteiger partial charge in [-0.25, -0.2) is 0 Å². The summed E-state index contributed by atoms with van der Waals surface area (Å²) in [4.78, 5) is 0. The fraction of sp³-hybridized carbons (Fsp3) is 0. The van der Waals surface area contributed by atoms with Crippen LogP contribution in [0.5, 0.6) is 23.0 Å². The summed E-state index contributed by atoms with van der Waals surface area (Å²) in [6, 6.07) is 19.8. The maximum Gasteiger partial charge on any atom is 0.179 e. The number of fused-ring (bicyclic) bond motifs is 10. The third-order valence-corrected chi connectivity index (χ3v) is 5.18. The lowest BCUT2D eigenvalue weighted by Crippen LogP contribution is -1.81. The summed E-state index contributed by atoms with van der Waals surface area (Å²) in [5.41, 5.74) is 0. The summed E-state index contributed by atoms with van der Waals surface area (Å²) in [5, 5.41) is 28.3. The zero-order valence-corrected chi connectivity index (χ0v) is 13.1. The maximum atomic E-state index is 10.4. The van der Waals surface area contributed by atoms with Gasteiger partial charge < -0.3 is 14.9 Å². The van der Waals surface area contributed by atoms with Crippen LogP contribution in [0.2, 0.25) is 0 Å². The van der Waals surface area contributed by atoms with E-state index in [1.807, 2.05) is 24.3 Å². The molecule has 0 radical (unpaired) electrons. The second-order valence-corrected chi connectivity index (χ2v) is 6.49. The molecular weight excluding hydrogens is 312 g/mol. The standard InChI is InChI=1S/C22H12O3/c23-16-10-7-12-6-9-15-14-8-5-11-3-1-2-4-13(11)18(14)21-22(25-21)19(15)17(12)20(16)24/h1-10,23-24H. The van der Waals surface area contributed by atoms with E-state index in [1.54, 1.807) is 0 Å². The van der Waals surface area contributed by atoms with Crippen molar-refractivity contribution in [3.8, 4) is 23.0 Å². The van der Waals surface area contributed by atoms with Crippen LogP contribution in [0.15, 0.2) is 60.7 Å². The van der Waals surface area contributed by atoms with Gasteiger partial charge in [0.05, 0.1) is 0 Å². The number of aromatic hydroxyl groups is 2. The van der Waals surface area contributed by atoms with Crippen molar-refractivity contribution in [3.05, 3.63) is 60.7 Å². The summed E-state index contributed by atoms with van der Waals surface area (Å²) >= 11 is 0. The summed E-state index contributed by atoms with van der Waals surface area (Å²) < 4.78 is 5.88. The quantitative estimate of drug-likeness (QED) is 0.210. The molecule has 0 saturated carbocycles. The molecule has 0 aliphatic carbocycles. The van der Waals surface area contributed by atoms with E-state index in [4.69, 9.17) is 4.74 Å². The molecule has 2 N–H and O–H groups in total. The van der Waals surface area contributed by atoms with Crippen molar-refractivity contribution in [2.75, 3.05) is 0 Å². The van der Waals surface area contributed by atoms with E-state index in [1.165, 1.54) is 11.5 Å². The fourth-order valence-electron chi connectivity index (χ4n) is 4.00. The lowest BCUT2D eigenvalue weighted by Gasteiger charge is -2.09. The van der Waals surface area contributed by atoms with Gasteiger partial charge in [-0.05, 0) is 33.0 Å². The second-order valence-electron chi connectivity index (χ2n) is 6.49. The van der Waals surface area contributed by atoms with E-state index in [0.717, 1.165) is 43.8 Å². The molecule has 3 heteroatoms. The van der Waals surface area contributed by atoms with Crippen molar-refractivity contribution in [1.29, 1.82) is 0 Å². The predicted octanol–water partition coefficient (Wildman–Crippen LogP) is 5.82. The Morgan fingerprint density at radius 1 is 0.560 bits per heavy atom. The minimum Gasteiger partial charge on any atom is -0.504 e. The largest absolute Gasteiger partial charge is 0.504 e. The normalized spacial score (nSPS) is 12.6. The molecule has 0 atom stereocenters. The Balaban J connectivity index is 1.93. The first kappa shape index (κ1) is 12.9. The predicted molar refractivity (Wildman–Crippen MR) is 99.9 cm³/mol. The van der Waals surface area contributed by atoms with Crippen molar-refractivity contribution in [3.63, 3.8) is 0 Å². The van der Waals surface area contributed by atoms with Gasteiger partial charge >= 0.3 is 0 Å². The first-order valence-electron chi connectivity index (χ1n) is 8.16. The van der Waals surface area contributed by atoms with Gasteiger partial charge in [-0.2, -0.15) is 0 Å². The highest BCUT2D eigenvalue weighted by atomic mass is 16.6. The number of hydrogen-bond acceptors (Lipinski definition) is 3. The van der Waals surface area contributed by atoms with Gasteiger partial charge in [0.2, 0.25) is 0 Å². The van der Waals surface area contributed by atoms with Crippen LogP contribution in [-0.4, -0.2) is 10.2 Å². The number of benzene rings is 5. The van der Waals surface area contributed by atoms with Gasteiger partial charge in [-0.1, -0.05) is 54.6 Å². The van der Waals surface area contributed by atoms with Gasteiger partial charge in [-0.15, -0.1) is 0 Å². The Hall–Kier alpha value is -3.46. The van der Waals surface area contributed by atoms with E-state index < -0.39 is 0 Å². The average molecular weight is 324 g/mol. The van der Waals surface area contributed by atoms with E-state index in [0.29, 0.717) is 5.39 Å². The van der Waals surface area contributed by atoms with Crippen molar-refractivity contribution < 1.29 is 14.9 Å². The summed E-state index contributed by atoms with van der Waals surface area (Å²) in [7, 11) is 0. The molecule has 0 spiro atoms. The molecular formula is C22H12O3. The Kier molecular flexibility index (Phi) is 2.13. The zero-order valence-electron chi connectivity index (χ0n) is 13.1. The van der Waals surface area contributed by atoms with Crippen molar-refractivity contribution in [2.45, 2.75) is 0 Å². The number of ether oxygens (including phenoxy) is 1. The maximum absolute atomic E-state index is 10.4. The van der Waals surface area contributed by atoms with E-state index >= 15 is 0 Å². The molecule has 0 amide bonds. The molecule has 0 bridgehead atoms. The molecule has 5 aromatic rings. The molecule has 3 nitrogen and oxygen atoms in total. The van der Waals surface area contributed by atoms with Gasteiger partial charge in [0, 0.05) is 16.2 Å². The molecule has 1 aliphatic rings. The van der Waals surface area contributed by atoms with Gasteiger partial charge in [0.15, 0.2) is 23.0 Å². The third kappa shape index (κ3) is 1.50. The van der Waals surface area contributed by atoms with Crippen LogP contribution in [0.1, 0.15) is 0 Å². The summed E-state index contributed by atoms with van der Waals surface area (Å²) in [5.74, 6) is 1.45. The lowest BCUT2D eigenvalue weighted by atomic mass is 9.94. The van der Waals surface area contributed by atoms with Crippen molar-refractivity contribution in [2.24, 2.45) is 0 Å². The molecule has 1 heterocycles. The van der Waals surface area contributed by atoms with E-state index in [9.17, 15) is 10.2 Å². The molecule has 0 unspecified atom stereocenters. The Bertz CT molecular complexity index is 1380. The number of hydrogen-bond donors (Lipinski definition) is 2. The highest BCUT2D eigenvalue weighted by molar-refractivity contribution is 6.30. The molecule has 5 aromatic carbocycles. The van der Waals surface area contributed by atoms with Crippen LogP contribution < -0.4 is 4.74 Å². The molecule has 0 fully saturated rings. The molecule has 25 heavy (non-hydrogen) atoms. The van der Waals surface area contributed by atoms with E-state index in [2.05, 4.69) is 30.3 Å². The van der Waals surface area contributed by atoms with Crippen LogP contribution in [0.25, 0.3) is 43.1 Å². The van der Waals surface area contributed by atoms with Gasteiger partial charge in [0.25, 0.3) is 0 Å². The lowest BCUT2D eigenvalue weighted by molar-refractivity contribution is 0.408. The first-order chi connectivity index (χ1) is 12.2. The highest BCUT2D eigenvalue weighted by Crippen LogP contribution is 2.60. The minimum absolute atomic E-state index is 0.0964. The SMILES string of the molecule is Oc1ccc2ccc3c4ccc5ccccc5c4c4c(c3c2c1O)O4. The third-order valence-electron chi connectivity index (χ3n) is 5.18. The number of phenolic OH excluding ortho intramolecular Hbond substituents is 2. The second kappa shape index (κ2) is 4.14. The summed E-state index contributed by atoms with van der Waals surface area (Å²) in [6.07, 6.45) is 0. The van der Waals surface area contributed by atoms with E-state index in [-0.39, 0.29) is 11.5 Å². The van der Waals surface area contributed by atoms with Gasteiger partial charge in [-0.3, -0.25) is 0 Å². The number of phenols is 2. The first-order valence-corrected chi connectivity index (χ1v) is 8.16. The summed E-state index contributed by atoms with van der Waals surface area (Å²) in [6.45, 7) is 0. The monoisotopic (exact) mass is 324 g/mol. The van der Waals surface area contributed by atoms with Crippen LogP contribution >= 0.6 is 0 Å². The Labute approximate surface area is 142 Å². The van der Waals surface area contributed by atoms with Gasteiger partial charge in [0.1, 0.15) is 0 Å². The molecule has 0 saturated heterocycles. The molecule has 0 aromatic heterocycles. The van der Waals surface area contributed by atoms with Crippen molar-refractivity contribution in [1.82, 2.24) is 0 Å². The average Bonchev–Trinajstić information content (AvgIpc) is 3.44. The molecule has 6 rings (SSSR count).